The topological polar surface area (TPSA) is 137 Å². The molecule has 188 valence electrons. The third-order valence-electron chi connectivity index (χ3n) is 5.24. The second kappa shape index (κ2) is 12.7. The molecule has 2 fully saturated rings. The summed E-state index contributed by atoms with van der Waals surface area (Å²) in [5.41, 5.74) is 0.990. The molecule has 2 rings (SSSR count). The normalized spacial score (nSPS) is 19.4. The zero-order chi connectivity index (χ0) is 24.5. The summed E-state index contributed by atoms with van der Waals surface area (Å²) >= 11 is 3.62. The van der Waals surface area contributed by atoms with Crippen LogP contribution >= 0.6 is 23.5 Å². The lowest BCUT2D eigenvalue weighted by molar-refractivity contribution is -0.138. The van der Waals surface area contributed by atoms with Crippen molar-refractivity contribution in [2.45, 2.75) is 75.0 Å². The van der Waals surface area contributed by atoms with E-state index >= 15 is 0 Å². The Labute approximate surface area is 203 Å². The zero-order valence-electron chi connectivity index (χ0n) is 19.6. The SMILES string of the molecule is CC(C)(C)OC(=O)NCCC(=O)N1CC2(C[C@H]1C(=O)NCCCCCC(=O)NO)SCCS2. The Bertz CT molecular complexity index is 709. The minimum absolute atomic E-state index is 0.0986. The van der Waals surface area contributed by atoms with Crippen LogP contribution in [0.2, 0.25) is 0 Å². The molecule has 2 saturated heterocycles. The van der Waals surface area contributed by atoms with E-state index in [0.717, 1.165) is 17.9 Å². The second-order valence-electron chi connectivity index (χ2n) is 9.16. The van der Waals surface area contributed by atoms with Crippen LogP contribution in [0.15, 0.2) is 0 Å². The number of alkyl carbamates (subject to hydrolysis) is 1. The number of hydroxylamine groups is 1. The lowest BCUT2D eigenvalue weighted by Crippen LogP contribution is -2.47. The Morgan fingerprint density at radius 2 is 1.73 bits per heavy atom. The second-order valence-corrected chi connectivity index (χ2v) is 12.4. The number of hydrogen-bond acceptors (Lipinski definition) is 8. The first kappa shape index (κ1) is 27.6. The maximum Gasteiger partial charge on any atom is 0.407 e. The Morgan fingerprint density at radius 3 is 2.36 bits per heavy atom. The number of carbonyl (C=O) groups excluding carboxylic acids is 4. The van der Waals surface area contributed by atoms with Gasteiger partial charge in [-0.2, -0.15) is 0 Å². The van der Waals surface area contributed by atoms with Crippen molar-refractivity contribution in [3.8, 4) is 0 Å². The molecule has 0 radical (unpaired) electrons. The maximum atomic E-state index is 13.0. The number of nitrogens with zero attached hydrogens (tertiary/aromatic N) is 1. The first-order valence-electron chi connectivity index (χ1n) is 11.3. The highest BCUT2D eigenvalue weighted by atomic mass is 32.2. The summed E-state index contributed by atoms with van der Waals surface area (Å²) < 4.78 is 5.05. The molecule has 2 aliphatic heterocycles. The largest absolute Gasteiger partial charge is 0.444 e. The first-order valence-corrected chi connectivity index (χ1v) is 13.3. The van der Waals surface area contributed by atoms with Crippen LogP contribution in [-0.4, -0.2) is 80.8 Å². The third-order valence-corrected chi connectivity index (χ3v) is 8.67. The molecule has 2 aliphatic rings. The standard InChI is InChI=1S/C21H36N4O6S2/c1-20(2,3)31-19(29)23-10-8-17(27)25-14-21(32-11-12-33-21)13-15(25)18(28)22-9-6-4-5-7-16(26)24-30/h15,30H,4-14H2,1-3H3,(H,22,28)(H,23,29)(H,24,26)/t15-/m0/s1. The van der Waals surface area contributed by atoms with E-state index in [2.05, 4.69) is 10.6 Å². The molecule has 12 heteroatoms. The van der Waals surface area contributed by atoms with E-state index in [-0.39, 0.29) is 35.3 Å². The van der Waals surface area contributed by atoms with Crippen molar-refractivity contribution in [3.63, 3.8) is 0 Å². The van der Waals surface area contributed by atoms with Gasteiger partial charge >= 0.3 is 6.09 Å². The summed E-state index contributed by atoms with van der Waals surface area (Å²) in [5, 5.41) is 14.0. The van der Waals surface area contributed by atoms with Gasteiger partial charge in [-0.1, -0.05) is 6.42 Å². The van der Waals surface area contributed by atoms with Gasteiger partial charge in [-0.05, 0) is 33.6 Å². The fraction of sp³-hybridized carbons (Fsp3) is 0.810. The molecule has 0 unspecified atom stereocenters. The van der Waals surface area contributed by atoms with Crippen molar-refractivity contribution in [2.24, 2.45) is 0 Å². The minimum Gasteiger partial charge on any atom is -0.444 e. The third kappa shape index (κ3) is 9.24. The Balaban J connectivity index is 1.83. The Morgan fingerprint density at radius 1 is 1.03 bits per heavy atom. The summed E-state index contributed by atoms with van der Waals surface area (Å²) in [7, 11) is 0. The lowest BCUT2D eigenvalue weighted by atomic mass is 10.1. The number of carbonyl (C=O) groups is 4. The number of thioether (sulfide) groups is 2. The van der Waals surface area contributed by atoms with Gasteiger partial charge in [-0.3, -0.25) is 19.6 Å². The molecule has 0 aromatic rings. The number of likely N-dealkylation sites (tertiary alicyclic amines) is 1. The molecule has 1 spiro atoms. The summed E-state index contributed by atoms with van der Waals surface area (Å²) in [6.45, 7) is 6.44. The lowest BCUT2D eigenvalue weighted by Gasteiger charge is -2.25. The van der Waals surface area contributed by atoms with Crippen LogP contribution in [0.3, 0.4) is 0 Å². The maximum absolute atomic E-state index is 13.0. The van der Waals surface area contributed by atoms with Crippen LogP contribution in [-0.2, 0) is 19.1 Å². The molecule has 0 aromatic carbocycles. The predicted octanol–water partition coefficient (Wildman–Crippen LogP) is 1.86. The van der Waals surface area contributed by atoms with E-state index in [1.54, 1.807) is 31.2 Å². The number of ether oxygens (including phenoxy) is 1. The zero-order valence-corrected chi connectivity index (χ0v) is 21.2. The highest BCUT2D eigenvalue weighted by molar-refractivity contribution is 8.21. The molecule has 2 heterocycles. The summed E-state index contributed by atoms with van der Waals surface area (Å²) in [5.74, 6) is 1.26. The quantitative estimate of drug-likeness (QED) is 0.201. The fourth-order valence-electron chi connectivity index (χ4n) is 3.74. The van der Waals surface area contributed by atoms with E-state index in [4.69, 9.17) is 9.94 Å². The molecular weight excluding hydrogens is 468 g/mol. The van der Waals surface area contributed by atoms with Gasteiger partial charge in [0.05, 0.1) is 4.08 Å². The van der Waals surface area contributed by atoms with E-state index in [1.165, 1.54) is 0 Å². The van der Waals surface area contributed by atoms with Crippen LogP contribution < -0.4 is 16.1 Å². The molecule has 0 bridgehead atoms. The number of unbranched alkanes of at least 4 members (excludes halogenated alkanes) is 2. The van der Waals surface area contributed by atoms with Gasteiger partial charge in [0.1, 0.15) is 11.6 Å². The van der Waals surface area contributed by atoms with Crippen LogP contribution in [0.5, 0.6) is 0 Å². The van der Waals surface area contributed by atoms with Crippen LogP contribution in [0.1, 0.15) is 59.3 Å². The summed E-state index contributed by atoms with van der Waals surface area (Å²) in [6, 6.07) is -0.530. The monoisotopic (exact) mass is 504 g/mol. The number of nitrogens with one attached hydrogen (secondary N) is 3. The summed E-state index contributed by atoms with van der Waals surface area (Å²) in [4.78, 5) is 50.4. The van der Waals surface area contributed by atoms with Gasteiger partial charge < -0.3 is 20.3 Å². The molecule has 33 heavy (non-hydrogen) atoms. The van der Waals surface area contributed by atoms with Gasteiger partial charge in [0, 0.05) is 50.4 Å². The minimum atomic E-state index is -0.610. The van der Waals surface area contributed by atoms with Crippen LogP contribution in [0.25, 0.3) is 0 Å². The van der Waals surface area contributed by atoms with Crippen molar-refractivity contribution in [1.29, 1.82) is 0 Å². The number of hydrogen-bond donors (Lipinski definition) is 4. The van der Waals surface area contributed by atoms with Crippen molar-refractivity contribution in [2.75, 3.05) is 31.1 Å². The number of amides is 4. The molecule has 0 aromatic heterocycles. The highest BCUT2D eigenvalue weighted by Gasteiger charge is 2.50. The summed E-state index contributed by atoms with van der Waals surface area (Å²) in [6.07, 6.45) is 2.45. The van der Waals surface area contributed by atoms with Crippen molar-refractivity contribution in [3.05, 3.63) is 0 Å². The van der Waals surface area contributed by atoms with Gasteiger partial charge in [0.25, 0.3) is 0 Å². The van der Waals surface area contributed by atoms with Gasteiger partial charge in [-0.15, -0.1) is 23.5 Å². The van der Waals surface area contributed by atoms with Gasteiger partial charge in [0.15, 0.2) is 0 Å². The molecule has 10 nitrogen and oxygen atoms in total. The highest BCUT2D eigenvalue weighted by Crippen LogP contribution is 2.51. The van der Waals surface area contributed by atoms with Crippen LogP contribution in [0, 0.1) is 0 Å². The molecule has 4 N–H and O–H groups in total. The van der Waals surface area contributed by atoms with E-state index in [9.17, 15) is 19.2 Å². The Kier molecular flexibility index (Phi) is 10.6. The molecule has 0 saturated carbocycles. The molecule has 4 amide bonds. The average molecular weight is 505 g/mol. The fourth-order valence-corrected chi connectivity index (χ4v) is 7.00. The predicted molar refractivity (Wildman–Crippen MR) is 128 cm³/mol. The van der Waals surface area contributed by atoms with E-state index < -0.39 is 23.6 Å². The van der Waals surface area contributed by atoms with Gasteiger partial charge in [0.2, 0.25) is 17.7 Å². The van der Waals surface area contributed by atoms with E-state index in [1.807, 2.05) is 23.5 Å². The first-order chi connectivity index (χ1) is 15.6. The van der Waals surface area contributed by atoms with Crippen LogP contribution in [0.4, 0.5) is 4.79 Å². The molecular formula is C21H36N4O6S2. The van der Waals surface area contributed by atoms with E-state index in [0.29, 0.717) is 32.4 Å². The van der Waals surface area contributed by atoms with Crippen molar-refractivity contribution >= 4 is 47.3 Å². The molecule has 0 aliphatic carbocycles. The van der Waals surface area contributed by atoms with Crippen molar-refractivity contribution in [1.82, 2.24) is 21.0 Å². The van der Waals surface area contributed by atoms with Gasteiger partial charge in [-0.25, -0.2) is 10.3 Å². The van der Waals surface area contributed by atoms with Crippen molar-refractivity contribution < 1.29 is 29.1 Å². The average Bonchev–Trinajstić information content (AvgIpc) is 3.36. The molecule has 1 atom stereocenters. The number of rotatable bonds is 10. The smallest absolute Gasteiger partial charge is 0.407 e. The Hall–Kier alpha value is -1.66.